The molecule has 0 aliphatic carbocycles. The molecule has 2 fully saturated rings. The minimum absolute atomic E-state index is 0.190. The summed E-state index contributed by atoms with van der Waals surface area (Å²) in [6, 6.07) is 7.60. The van der Waals surface area contributed by atoms with Crippen LogP contribution in [0.3, 0.4) is 0 Å². The lowest BCUT2D eigenvalue weighted by Crippen LogP contribution is -2.47. The fourth-order valence-electron chi connectivity index (χ4n) is 3.53. The summed E-state index contributed by atoms with van der Waals surface area (Å²) in [4.78, 5) is 25.2. The van der Waals surface area contributed by atoms with Gasteiger partial charge in [-0.15, -0.1) is 0 Å². The Bertz CT molecular complexity index is 596. The first-order chi connectivity index (χ1) is 11.5. The van der Waals surface area contributed by atoms with E-state index in [1.165, 1.54) is 5.56 Å². The summed E-state index contributed by atoms with van der Waals surface area (Å²) in [6.07, 6.45) is 1.66. The molecular weight excluding hydrogens is 308 g/mol. The van der Waals surface area contributed by atoms with Crippen molar-refractivity contribution in [3.05, 3.63) is 29.8 Å². The van der Waals surface area contributed by atoms with E-state index in [-0.39, 0.29) is 18.5 Å². The van der Waals surface area contributed by atoms with Crippen LogP contribution >= 0.6 is 0 Å². The first-order valence-corrected chi connectivity index (χ1v) is 8.49. The van der Waals surface area contributed by atoms with E-state index < -0.39 is 11.9 Å². The zero-order valence-corrected chi connectivity index (χ0v) is 13.9. The van der Waals surface area contributed by atoms with Crippen molar-refractivity contribution in [3.63, 3.8) is 0 Å². The summed E-state index contributed by atoms with van der Waals surface area (Å²) in [7, 11) is 0. The largest absolute Gasteiger partial charge is 0.481 e. The number of carboxylic acids is 1. The molecular formula is C18H24N2O4. The third-order valence-electron chi connectivity index (χ3n) is 4.86. The lowest BCUT2D eigenvalue weighted by molar-refractivity contribution is -0.143. The number of hydrogen-bond donors (Lipinski definition) is 2. The molecule has 0 aromatic heterocycles. The number of ether oxygens (including phenoxy) is 1. The summed E-state index contributed by atoms with van der Waals surface area (Å²) in [5.41, 5.74) is 1.95. The average Bonchev–Trinajstić information content (AvgIpc) is 3.09. The van der Waals surface area contributed by atoms with Crippen LogP contribution in [0.15, 0.2) is 24.3 Å². The Hall–Kier alpha value is -2.08. The van der Waals surface area contributed by atoms with Crippen LogP contribution in [-0.4, -0.2) is 48.3 Å². The number of amides is 2. The normalized spacial score (nSPS) is 27.0. The van der Waals surface area contributed by atoms with Gasteiger partial charge < -0.3 is 20.1 Å². The highest BCUT2D eigenvalue weighted by molar-refractivity contribution is 5.89. The molecule has 2 saturated heterocycles. The van der Waals surface area contributed by atoms with Gasteiger partial charge in [0.05, 0.1) is 12.5 Å². The number of aliphatic carboxylic acids is 1. The summed E-state index contributed by atoms with van der Waals surface area (Å²) >= 11 is 0. The van der Waals surface area contributed by atoms with Gasteiger partial charge in [-0.3, -0.25) is 4.79 Å². The minimum Gasteiger partial charge on any atom is -0.481 e. The Morgan fingerprint density at radius 3 is 2.62 bits per heavy atom. The first-order valence-electron chi connectivity index (χ1n) is 8.49. The van der Waals surface area contributed by atoms with Crippen LogP contribution in [0, 0.1) is 11.8 Å². The molecule has 1 aromatic carbocycles. The Kier molecular flexibility index (Phi) is 5.04. The van der Waals surface area contributed by atoms with Crippen LogP contribution in [0.1, 0.15) is 31.2 Å². The van der Waals surface area contributed by atoms with E-state index in [0.29, 0.717) is 18.9 Å². The van der Waals surface area contributed by atoms with Crippen molar-refractivity contribution in [3.8, 4) is 0 Å². The lowest BCUT2D eigenvalue weighted by atomic mass is 9.91. The van der Waals surface area contributed by atoms with Crippen molar-refractivity contribution in [2.75, 3.05) is 31.6 Å². The van der Waals surface area contributed by atoms with E-state index in [1.807, 2.05) is 31.2 Å². The number of carboxylic acid groups (broad SMARTS) is 1. The average molecular weight is 332 g/mol. The van der Waals surface area contributed by atoms with Crippen LogP contribution in [0.5, 0.6) is 0 Å². The maximum Gasteiger partial charge on any atom is 0.321 e. The van der Waals surface area contributed by atoms with Gasteiger partial charge in [0.15, 0.2) is 0 Å². The molecule has 1 aromatic rings. The van der Waals surface area contributed by atoms with Crippen LogP contribution in [0.4, 0.5) is 10.5 Å². The predicted octanol–water partition coefficient (Wildman–Crippen LogP) is 2.77. The number of hydrogen-bond acceptors (Lipinski definition) is 3. The highest BCUT2D eigenvalue weighted by atomic mass is 16.5. The second-order valence-corrected chi connectivity index (χ2v) is 6.89. The van der Waals surface area contributed by atoms with Crippen LogP contribution < -0.4 is 5.32 Å². The second-order valence-electron chi connectivity index (χ2n) is 6.89. The molecule has 130 valence electrons. The van der Waals surface area contributed by atoms with Gasteiger partial charge in [-0.2, -0.15) is 0 Å². The SMILES string of the molecule is CC1CC(C(=O)O)CN(C(=O)Nc2ccc(C3CCOC3)cc2)C1. The molecule has 3 atom stereocenters. The molecule has 3 unspecified atom stereocenters. The molecule has 0 bridgehead atoms. The number of nitrogens with zero attached hydrogens (tertiary/aromatic N) is 1. The summed E-state index contributed by atoms with van der Waals surface area (Å²) < 4.78 is 5.40. The molecule has 6 nitrogen and oxygen atoms in total. The standard InChI is InChI=1S/C18H24N2O4/c1-12-8-15(17(21)22)10-20(9-12)18(23)19-16-4-2-13(3-5-16)14-6-7-24-11-14/h2-5,12,14-15H,6-11H2,1H3,(H,19,23)(H,21,22). The molecule has 3 rings (SSSR count). The van der Waals surface area contributed by atoms with Crippen molar-refractivity contribution in [1.29, 1.82) is 0 Å². The molecule has 0 spiro atoms. The number of piperidine rings is 1. The number of anilines is 1. The Morgan fingerprint density at radius 1 is 1.25 bits per heavy atom. The first kappa shape index (κ1) is 16.8. The molecule has 24 heavy (non-hydrogen) atoms. The minimum atomic E-state index is -0.831. The van der Waals surface area contributed by atoms with Crippen molar-refractivity contribution in [1.82, 2.24) is 4.90 Å². The number of carbonyl (C=O) groups is 2. The predicted molar refractivity (Wildman–Crippen MR) is 90.1 cm³/mol. The lowest BCUT2D eigenvalue weighted by Gasteiger charge is -2.34. The van der Waals surface area contributed by atoms with Crippen molar-refractivity contribution in [2.45, 2.75) is 25.7 Å². The van der Waals surface area contributed by atoms with E-state index in [9.17, 15) is 14.7 Å². The van der Waals surface area contributed by atoms with E-state index in [4.69, 9.17) is 4.74 Å². The topological polar surface area (TPSA) is 78.9 Å². The monoisotopic (exact) mass is 332 g/mol. The second kappa shape index (κ2) is 7.21. The number of urea groups is 1. The van der Waals surface area contributed by atoms with Gasteiger partial charge >= 0.3 is 12.0 Å². The van der Waals surface area contributed by atoms with Gasteiger partial charge in [-0.05, 0) is 36.5 Å². The number of rotatable bonds is 3. The molecule has 0 saturated carbocycles. The maximum atomic E-state index is 12.4. The number of benzene rings is 1. The molecule has 2 aliphatic heterocycles. The Balaban J connectivity index is 1.60. The van der Waals surface area contributed by atoms with E-state index in [0.717, 1.165) is 25.3 Å². The maximum absolute atomic E-state index is 12.4. The van der Waals surface area contributed by atoms with Gasteiger partial charge in [0.1, 0.15) is 0 Å². The summed E-state index contributed by atoms with van der Waals surface area (Å²) in [5.74, 6) is -0.684. The fraction of sp³-hybridized carbons (Fsp3) is 0.556. The zero-order valence-electron chi connectivity index (χ0n) is 13.9. The van der Waals surface area contributed by atoms with Gasteiger partial charge in [0, 0.05) is 31.3 Å². The third-order valence-corrected chi connectivity index (χ3v) is 4.86. The fourth-order valence-corrected chi connectivity index (χ4v) is 3.53. The number of likely N-dealkylation sites (tertiary alicyclic amines) is 1. The molecule has 6 heteroatoms. The molecule has 2 heterocycles. The quantitative estimate of drug-likeness (QED) is 0.892. The van der Waals surface area contributed by atoms with Gasteiger partial charge in [0.2, 0.25) is 0 Å². The highest BCUT2D eigenvalue weighted by Gasteiger charge is 2.31. The molecule has 2 N–H and O–H groups in total. The van der Waals surface area contributed by atoms with E-state index >= 15 is 0 Å². The number of nitrogens with one attached hydrogen (secondary N) is 1. The van der Waals surface area contributed by atoms with Crippen LogP contribution in [0.25, 0.3) is 0 Å². The number of carbonyl (C=O) groups excluding carboxylic acids is 1. The van der Waals surface area contributed by atoms with Crippen LogP contribution in [0.2, 0.25) is 0 Å². The van der Waals surface area contributed by atoms with Crippen molar-refractivity contribution >= 4 is 17.7 Å². The zero-order chi connectivity index (χ0) is 17.1. The summed E-state index contributed by atoms with van der Waals surface area (Å²) in [5, 5.41) is 12.1. The van der Waals surface area contributed by atoms with Crippen molar-refractivity contribution in [2.24, 2.45) is 11.8 Å². The highest BCUT2D eigenvalue weighted by Crippen LogP contribution is 2.26. The Labute approximate surface area is 141 Å². The van der Waals surface area contributed by atoms with E-state index in [2.05, 4.69) is 5.32 Å². The van der Waals surface area contributed by atoms with Gasteiger partial charge in [0.25, 0.3) is 0 Å². The van der Waals surface area contributed by atoms with Crippen molar-refractivity contribution < 1.29 is 19.4 Å². The molecule has 2 aliphatic rings. The molecule has 0 radical (unpaired) electrons. The van der Waals surface area contributed by atoms with Gasteiger partial charge in [-0.25, -0.2) is 4.79 Å². The smallest absolute Gasteiger partial charge is 0.321 e. The Morgan fingerprint density at radius 2 is 2.00 bits per heavy atom. The summed E-state index contributed by atoms with van der Waals surface area (Å²) in [6.45, 7) is 4.40. The van der Waals surface area contributed by atoms with Gasteiger partial charge in [-0.1, -0.05) is 19.1 Å². The van der Waals surface area contributed by atoms with E-state index in [1.54, 1.807) is 4.90 Å². The van der Waals surface area contributed by atoms with Crippen LogP contribution in [-0.2, 0) is 9.53 Å². The molecule has 2 amide bonds. The third kappa shape index (κ3) is 3.87.